The van der Waals surface area contributed by atoms with Gasteiger partial charge in [0.15, 0.2) is 5.96 Å². The van der Waals surface area contributed by atoms with E-state index in [0.717, 1.165) is 37.7 Å². The summed E-state index contributed by atoms with van der Waals surface area (Å²) < 4.78 is 0. The van der Waals surface area contributed by atoms with Crippen molar-refractivity contribution in [3.05, 3.63) is 65.2 Å². The van der Waals surface area contributed by atoms with Crippen LogP contribution in [0.2, 0.25) is 0 Å². The highest BCUT2D eigenvalue weighted by Crippen LogP contribution is 2.39. The summed E-state index contributed by atoms with van der Waals surface area (Å²) in [6, 6.07) is 5.49. The zero-order valence-corrected chi connectivity index (χ0v) is 39.7. The van der Waals surface area contributed by atoms with Crippen LogP contribution in [0.4, 0.5) is 5.69 Å². The van der Waals surface area contributed by atoms with Crippen LogP contribution in [0.5, 0.6) is 0 Å². The third-order valence-corrected chi connectivity index (χ3v) is 12.9. The molecule has 12 N–H and O–H groups in total. The van der Waals surface area contributed by atoms with Crippen LogP contribution in [-0.2, 0) is 51.2 Å². The minimum absolute atomic E-state index is 0.0662. The lowest BCUT2D eigenvalue weighted by atomic mass is 9.84. The molecule has 5 rings (SSSR count). The molecule has 2 heterocycles. The van der Waals surface area contributed by atoms with Gasteiger partial charge in [-0.05, 0) is 60.1 Å². The first-order valence-corrected chi connectivity index (χ1v) is 23.4. The molecule has 7 atom stereocenters. The van der Waals surface area contributed by atoms with Gasteiger partial charge in [-0.1, -0.05) is 101 Å². The lowest BCUT2D eigenvalue weighted by Crippen LogP contribution is -2.61. The number of hydrogen-bond donors (Lipinski definition) is 9. The third kappa shape index (κ3) is 13.3. The highest BCUT2D eigenvalue weighted by molar-refractivity contribution is 6.09. The number of rotatable bonds is 20. The van der Waals surface area contributed by atoms with E-state index in [4.69, 9.17) is 17.2 Å². The number of aliphatic imine (C=N–C) groups is 1. The van der Waals surface area contributed by atoms with Crippen molar-refractivity contribution >= 4 is 58.9 Å². The molecule has 68 heavy (non-hydrogen) atoms. The number of aliphatic hydroxyl groups excluding tert-OH is 1. The van der Waals surface area contributed by atoms with Gasteiger partial charge in [0.25, 0.3) is 0 Å². The molecule has 2 aromatic rings. The quantitative estimate of drug-likeness (QED) is 0.0487. The first-order valence-electron chi connectivity index (χ1n) is 23.4. The van der Waals surface area contributed by atoms with Crippen molar-refractivity contribution in [1.29, 1.82) is 0 Å². The van der Waals surface area contributed by atoms with Crippen molar-refractivity contribution < 1.29 is 43.5 Å². The molecule has 2 aromatic carbocycles. The number of carbonyl (C=O) groups excluding carboxylic acids is 8. The maximum absolute atomic E-state index is 14.8. The van der Waals surface area contributed by atoms with Crippen LogP contribution < -0.4 is 48.7 Å². The standard InChI is InChI=1S/C48H69N11O9/c1-27(61)53-34(24-28-14-8-6-9-15-28)41(63)54-32(20-13-23-52-47(50)51)45(67)58(5)38(29-16-10-7-11-17-29)44(66)55-33-22-21-30-18-12-19-31-25-36(59(37(30)31)46(33)68)43(65)56-35(26-60)42(64)57-39(40(49)62)48(2,3)4/h7,10-12,16-19,28,32-36,38-39,60H,6,8-9,13-15,20-26H2,1-5H3,(H2,49,62)(H,53,61)(H,54,63)(H,55,66)(H,56,65)(H,57,64)(H4,50,51,52)/t32-,33-,34-,35-,36-,38-,39+/m0/s1. The molecule has 2 aliphatic heterocycles. The Balaban J connectivity index is 1.40. The van der Waals surface area contributed by atoms with Gasteiger partial charge in [-0.25, -0.2) is 0 Å². The third-order valence-electron chi connectivity index (χ3n) is 12.9. The second-order valence-electron chi connectivity index (χ2n) is 19.2. The van der Waals surface area contributed by atoms with E-state index >= 15 is 0 Å². The molecule has 3 aliphatic rings. The average molecular weight is 944 g/mol. The topological polar surface area (TPSA) is 314 Å². The number of amides is 8. The Hall–Kier alpha value is -6.57. The molecular formula is C48H69N11O9. The number of nitrogens with one attached hydrogen (secondary N) is 5. The van der Waals surface area contributed by atoms with E-state index in [1.165, 1.54) is 23.8 Å². The first-order chi connectivity index (χ1) is 32.2. The van der Waals surface area contributed by atoms with Crippen LogP contribution in [0.25, 0.3) is 0 Å². The summed E-state index contributed by atoms with van der Waals surface area (Å²) in [5, 5.41) is 23.8. The normalized spacial score (nSPS) is 19.1. The highest BCUT2D eigenvalue weighted by Gasteiger charge is 2.46. The summed E-state index contributed by atoms with van der Waals surface area (Å²) in [4.78, 5) is 117. The van der Waals surface area contributed by atoms with Gasteiger partial charge in [-0.2, -0.15) is 0 Å². The van der Waals surface area contributed by atoms with Gasteiger partial charge in [0.1, 0.15) is 42.3 Å². The summed E-state index contributed by atoms with van der Waals surface area (Å²) in [6.45, 7) is 5.74. The summed E-state index contributed by atoms with van der Waals surface area (Å²) in [5.74, 6) is -5.22. The lowest BCUT2D eigenvalue weighted by Gasteiger charge is -2.34. The van der Waals surface area contributed by atoms with Gasteiger partial charge < -0.3 is 53.8 Å². The first kappa shape index (κ1) is 52.4. The van der Waals surface area contributed by atoms with E-state index in [2.05, 4.69) is 31.6 Å². The molecule has 8 amide bonds. The zero-order valence-electron chi connectivity index (χ0n) is 39.7. The molecule has 20 heteroatoms. The molecule has 0 unspecified atom stereocenters. The lowest BCUT2D eigenvalue weighted by molar-refractivity contribution is -0.143. The number of carbonyl (C=O) groups is 8. The molecule has 20 nitrogen and oxygen atoms in total. The fourth-order valence-corrected chi connectivity index (χ4v) is 9.47. The summed E-state index contributed by atoms with van der Waals surface area (Å²) >= 11 is 0. The fraction of sp³-hybridized carbons (Fsp3) is 0.562. The number of anilines is 1. The minimum Gasteiger partial charge on any atom is -0.394 e. The van der Waals surface area contributed by atoms with Crippen LogP contribution in [0.1, 0.15) is 108 Å². The number of aryl methyl sites for hydroxylation is 1. The average Bonchev–Trinajstić information content (AvgIpc) is 3.63. The Morgan fingerprint density at radius 3 is 2.10 bits per heavy atom. The van der Waals surface area contributed by atoms with Crippen LogP contribution in [0.15, 0.2) is 53.5 Å². The van der Waals surface area contributed by atoms with E-state index in [1.807, 2.05) is 12.1 Å². The number of nitrogens with zero attached hydrogens (tertiary/aromatic N) is 3. The van der Waals surface area contributed by atoms with Crippen LogP contribution in [0.3, 0.4) is 0 Å². The Kier molecular flexibility index (Phi) is 18.1. The number of aliphatic hydroxyl groups is 1. The zero-order chi connectivity index (χ0) is 49.9. The predicted molar refractivity (Wildman–Crippen MR) is 254 cm³/mol. The number of guanidine groups is 1. The second kappa shape index (κ2) is 23.4. The van der Waals surface area contributed by atoms with Crippen molar-refractivity contribution in [2.24, 2.45) is 33.5 Å². The van der Waals surface area contributed by atoms with E-state index in [-0.39, 0.29) is 44.1 Å². The fourth-order valence-electron chi connectivity index (χ4n) is 9.47. The van der Waals surface area contributed by atoms with Gasteiger partial charge >= 0.3 is 0 Å². The van der Waals surface area contributed by atoms with Crippen molar-refractivity contribution in [2.75, 3.05) is 25.1 Å². The number of nitrogens with two attached hydrogens (primary N) is 3. The Morgan fingerprint density at radius 2 is 1.49 bits per heavy atom. The molecular weight excluding hydrogens is 875 g/mol. The maximum atomic E-state index is 14.8. The van der Waals surface area contributed by atoms with Crippen molar-refractivity contribution in [3.8, 4) is 0 Å². The van der Waals surface area contributed by atoms with Gasteiger partial charge in [0, 0.05) is 26.9 Å². The van der Waals surface area contributed by atoms with Crippen molar-refractivity contribution in [3.63, 3.8) is 0 Å². The van der Waals surface area contributed by atoms with E-state index in [1.54, 1.807) is 57.2 Å². The van der Waals surface area contributed by atoms with Gasteiger partial charge in [-0.3, -0.25) is 48.2 Å². The van der Waals surface area contributed by atoms with Crippen LogP contribution in [-0.4, -0.2) is 120 Å². The van der Waals surface area contributed by atoms with Crippen LogP contribution >= 0.6 is 0 Å². The number of hydrogen-bond acceptors (Lipinski definition) is 10. The van der Waals surface area contributed by atoms with Gasteiger partial charge in [-0.15, -0.1) is 0 Å². The molecule has 0 radical (unpaired) electrons. The van der Waals surface area contributed by atoms with Gasteiger partial charge in [0.05, 0.1) is 12.3 Å². The van der Waals surface area contributed by atoms with Crippen molar-refractivity contribution in [1.82, 2.24) is 31.5 Å². The van der Waals surface area contributed by atoms with E-state index in [0.29, 0.717) is 29.7 Å². The highest BCUT2D eigenvalue weighted by atomic mass is 16.3. The minimum atomic E-state index is -1.50. The summed E-state index contributed by atoms with van der Waals surface area (Å²) in [7, 11) is 1.43. The number of likely N-dealkylation sites (N-methyl/N-ethyl adjacent to an activating group) is 1. The Labute approximate surface area is 397 Å². The van der Waals surface area contributed by atoms with Gasteiger partial charge in [0.2, 0.25) is 47.3 Å². The molecule has 0 bridgehead atoms. The number of benzene rings is 2. The smallest absolute Gasteiger partial charge is 0.250 e. The SMILES string of the molecule is CC(=O)N[C@@H](CC1CCCCC1)C(=O)N[C@@H](CCCN=C(N)N)C(=O)N(C)[C@H](C(=O)N[C@H]1CCc2cccc3c2N(C1=O)[C@H](C(=O)N[C@@H](CO)C(=O)N[C@H](C(N)=O)C(C)(C)C)C3)c1ccccc1. The molecule has 1 fully saturated rings. The molecule has 0 spiro atoms. The second-order valence-corrected chi connectivity index (χ2v) is 19.2. The molecule has 370 valence electrons. The number of primary amides is 1. The monoisotopic (exact) mass is 944 g/mol. The van der Waals surface area contributed by atoms with E-state index < -0.39 is 102 Å². The number of para-hydroxylation sites is 1. The summed E-state index contributed by atoms with van der Waals surface area (Å²) in [5.41, 5.74) is 18.2. The predicted octanol–water partition coefficient (Wildman–Crippen LogP) is 0.0818. The summed E-state index contributed by atoms with van der Waals surface area (Å²) in [6.07, 6.45) is 6.27. The molecule has 0 saturated heterocycles. The Bertz CT molecular complexity index is 2200. The molecule has 1 saturated carbocycles. The van der Waals surface area contributed by atoms with Crippen molar-refractivity contribution in [2.45, 2.75) is 141 Å². The maximum Gasteiger partial charge on any atom is 0.250 e. The van der Waals surface area contributed by atoms with Crippen LogP contribution in [0, 0.1) is 11.3 Å². The Morgan fingerprint density at radius 1 is 0.824 bits per heavy atom. The molecule has 1 aliphatic carbocycles. The molecule has 0 aromatic heterocycles. The largest absolute Gasteiger partial charge is 0.394 e. The van der Waals surface area contributed by atoms with E-state index in [9.17, 15) is 43.5 Å².